The van der Waals surface area contributed by atoms with Crippen molar-refractivity contribution in [2.45, 2.75) is 51.5 Å². The van der Waals surface area contributed by atoms with Crippen LogP contribution in [0.3, 0.4) is 0 Å². The lowest BCUT2D eigenvalue weighted by Gasteiger charge is -2.41. The van der Waals surface area contributed by atoms with Crippen LogP contribution in [0.2, 0.25) is 5.02 Å². The third kappa shape index (κ3) is 2.87. The normalized spacial score (nSPS) is 24.2. The Bertz CT molecular complexity index is 886. The summed E-state index contributed by atoms with van der Waals surface area (Å²) >= 11 is 7.05. The zero-order valence-electron chi connectivity index (χ0n) is 14.9. The van der Waals surface area contributed by atoms with Crippen LogP contribution in [0.1, 0.15) is 55.1 Å². The number of hydrogen-bond donors (Lipinski definition) is 1. The molecule has 0 saturated heterocycles. The van der Waals surface area contributed by atoms with E-state index in [0.29, 0.717) is 15.5 Å². The molecular formula is C21H23ClFNOS. The van der Waals surface area contributed by atoms with Crippen LogP contribution in [0.5, 0.6) is 0 Å². The molecule has 2 nitrogen and oxygen atoms in total. The molecule has 1 unspecified atom stereocenters. The molecule has 1 aromatic heterocycles. The Hall–Kier alpha value is -1.39. The SMILES string of the molecule is C=C1CCC(CCC)[C@@H](NC(=O)c2cc3ccc(Cl)c(F)c3s2)C12CC2. The molecule has 1 N–H and O–H groups in total. The summed E-state index contributed by atoms with van der Waals surface area (Å²) < 4.78 is 14.7. The van der Waals surface area contributed by atoms with Crippen molar-refractivity contribution in [3.63, 3.8) is 0 Å². The van der Waals surface area contributed by atoms with Gasteiger partial charge in [0.1, 0.15) is 0 Å². The number of halogens is 2. The summed E-state index contributed by atoms with van der Waals surface area (Å²) in [5.41, 5.74) is 1.39. The van der Waals surface area contributed by atoms with Crippen LogP contribution >= 0.6 is 22.9 Å². The fourth-order valence-electron chi connectivity index (χ4n) is 4.55. The van der Waals surface area contributed by atoms with Crippen LogP contribution in [0.25, 0.3) is 10.1 Å². The predicted octanol–water partition coefficient (Wildman–Crippen LogP) is 6.34. The van der Waals surface area contributed by atoms with E-state index < -0.39 is 5.82 Å². The van der Waals surface area contributed by atoms with Crippen molar-refractivity contribution in [2.24, 2.45) is 11.3 Å². The number of carbonyl (C=O) groups excluding carboxylic acids is 1. The van der Waals surface area contributed by atoms with Gasteiger partial charge in [-0.1, -0.05) is 43.2 Å². The Morgan fingerprint density at radius 3 is 2.92 bits per heavy atom. The molecule has 1 aromatic carbocycles. The first-order chi connectivity index (χ1) is 12.5. The fraction of sp³-hybridized carbons (Fsp3) is 0.476. The van der Waals surface area contributed by atoms with E-state index >= 15 is 0 Å². The molecule has 0 radical (unpaired) electrons. The van der Waals surface area contributed by atoms with Crippen molar-refractivity contribution in [3.05, 3.63) is 46.1 Å². The summed E-state index contributed by atoms with van der Waals surface area (Å²) in [4.78, 5) is 13.5. The zero-order valence-corrected chi connectivity index (χ0v) is 16.5. The van der Waals surface area contributed by atoms with Gasteiger partial charge in [-0.2, -0.15) is 0 Å². The van der Waals surface area contributed by atoms with Gasteiger partial charge in [0, 0.05) is 11.5 Å². The molecule has 1 spiro atoms. The average molecular weight is 392 g/mol. The molecule has 138 valence electrons. The smallest absolute Gasteiger partial charge is 0.261 e. The molecule has 2 aliphatic rings. The second-order valence-corrected chi connectivity index (χ2v) is 9.15. The summed E-state index contributed by atoms with van der Waals surface area (Å²) in [6, 6.07) is 5.21. The molecule has 0 bridgehead atoms. The Balaban J connectivity index is 1.62. The molecule has 2 aliphatic carbocycles. The average Bonchev–Trinajstić information content (AvgIpc) is 3.29. The van der Waals surface area contributed by atoms with E-state index in [0.717, 1.165) is 43.9 Å². The predicted molar refractivity (Wildman–Crippen MR) is 106 cm³/mol. The minimum absolute atomic E-state index is 0.0924. The highest BCUT2D eigenvalue weighted by atomic mass is 35.5. The lowest BCUT2D eigenvalue weighted by atomic mass is 9.70. The van der Waals surface area contributed by atoms with Crippen LogP contribution in [0, 0.1) is 17.2 Å². The van der Waals surface area contributed by atoms with Gasteiger partial charge in [-0.25, -0.2) is 4.39 Å². The third-order valence-electron chi connectivity index (χ3n) is 6.13. The quantitative estimate of drug-likeness (QED) is 0.605. The van der Waals surface area contributed by atoms with E-state index in [2.05, 4.69) is 18.8 Å². The number of thiophene rings is 1. The highest BCUT2D eigenvalue weighted by Gasteiger charge is 2.56. The Kier molecular flexibility index (Phi) is 4.60. The molecule has 26 heavy (non-hydrogen) atoms. The van der Waals surface area contributed by atoms with Crippen molar-refractivity contribution < 1.29 is 9.18 Å². The molecule has 0 aliphatic heterocycles. The van der Waals surface area contributed by atoms with Crippen LogP contribution < -0.4 is 5.32 Å². The van der Waals surface area contributed by atoms with Crippen molar-refractivity contribution in [1.82, 2.24) is 5.32 Å². The highest BCUT2D eigenvalue weighted by molar-refractivity contribution is 7.20. The van der Waals surface area contributed by atoms with Gasteiger partial charge in [0.15, 0.2) is 5.82 Å². The summed E-state index contributed by atoms with van der Waals surface area (Å²) in [6.07, 6.45) is 6.64. The molecule has 4 rings (SSSR count). The van der Waals surface area contributed by atoms with E-state index in [1.165, 1.54) is 23.0 Å². The maximum atomic E-state index is 14.2. The van der Waals surface area contributed by atoms with Crippen LogP contribution in [0.15, 0.2) is 30.4 Å². The van der Waals surface area contributed by atoms with Gasteiger partial charge >= 0.3 is 0 Å². The molecule has 5 heteroatoms. The minimum Gasteiger partial charge on any atom is -0.347 e. The van der Waals surface area contributed by atoms with Gasteiger partial charge in [-0.3, -0.25) is 4.79 Å². The van der Waals surface area contributed by atoms with Gasteiger partial charge in [0.2, 0.25) is 0 Å². The molecule has 1 amide bonds. The second kappa shape index (κ2) is 6.65. The first kappa shape index (κ1) is 18.0. The number of carbonyl (C=O) groups is 1. The third-order valence-corrected chi connectivity index (χ3v) is 7.56. The standard InChI is InChI=1S/C21H23ClFNOS/c1-3-4-13-6-5-12(2)21(9-10-21)19(13)24-20(25)16-11-14-7-8-15(22)17(23)18(14)26-16/h7-8,11,13,19H,2-6,9-10H2,1H3,(H,24,25)/t13?,19-/m1/s1. The minimum atomic E-state index is -0.443. The lowest BCUT2D eigenvalue weighted by molar-refractivity contribution is 0.0879. The fourth-order valence-corrected chi connectivity index (χ4v) is 5.77. The van der Waals surface area contributed by atoms with E-state index in [4.69, 9.17) is 11.6 Å². The summed E-state index contributed by atoms with van der Waals surface area (Å²) in [7, 11) is 0. The Morgan fingerprint density at radius 1 is 1.46 bits per heavy atom. The van der Waals surface area contributed by atoms with E-state index in [-0.39, 0.29) is 22.4 Å². The molecule has 2 atom stereocenters. The number of fused-ring (bicyclic) bond motifs is 1. The van der Waals surface area contributed by atoms with Gasteiger partial charge < -0.3 is 5.32 Å². The number of benzene rings is 1. The van der Waals surface area contributed by atoms with Crippen molar-refractivity contribution in [2.75, 3.05) is 0 Å². The van der Waals surface area contributed by atoms with Crippen LogP contribution in [-0.2, 0) is 0 Å². The van der Waals surface area contributed by atoms with Crippen LogP contribution in [-0.4, -0.2) is 11.9 Å². The summed E-state index contributed by atoms with van der Waals surface area (Å²) in [6.45, 7) is 6.49. The Labute approximate surface area is 162 Å². The first-order valence-electron chi connectivity index (χ1n) is 9.33. The molecule has 2 saturated carbocycles. The van der Waals surface area contributed by atoms with Crippen molar-refractivity contribution in [3.8, 4) is 0 Å². The molecular weight excluding hydrogens is 369 g/mol. The first-order valence-corrected chi connectivity index (χ1v) is 10.5. The largest absolute Gasteiger partial charge is 0.347 e. The molecule has 2 aromatic rings. The van der Waals surface area contributed by atoms with Crippen molar-refractivity contribution in [1.29, 1.82) is 0 Å². The zero-order chi connectivity index (χ0) is 18.5. The number of amides is 1. The highest BCUT2D eigenvalue weighted by Crippen LogP contribution is 2.60. The van der Waals surface area contributed by atoms with E-state index in [1.54, 1.807) is 12.1 Å². The Morgan fingerprint density at radius 2 is 2.23 bits per heavy atom. The van der Waals surface area contributed by atoms with E-state index in [1.807, 2.05) is 0 Å². The number of nitrogens with one attached hydrogen (secondary N) is 1. The summed E-state index contributed by atoms with van der Waals surface area (Å²) in [5.74, 6) is -0.0481. The number of hydrogen-bond acceptors (Lipinski definition) is 2. The van der Waals surface area contributed by atoms with Crippen molar-refractivity contribution >= 4 is 38.9 Å². The lowest BCUT2D eigenvalue weighted by Crippen LogP contribution is -2.49. The van der Waals surface area contributed by atoms with Gasteiger partial charge in [0.25, 0.3) is 5.91 Å². The van der Waals surface area contributed by atoms with E-state index in [9.17, 15) is 9.18 Å². The number of rotatable bonds is 4. The topological polar surface area (TPSA) is 29.1 Å². The maximum Gasteiger partial charge on any atom is 0.261 e. The molecule has 2 fully saturated rings. The molecule has 1 heterocycles. The monoisotopic (exact) mass is 391 g/mol. The maximum absolute atomic E-state index is 14.2. The van der Waals surface area contributed by atoms with Gasteiger partial charge in [-0.15, -0.1) is 11.3 Å². The summed E-state index contributed by atoms with van der Waals surface area (Å²) in [5, 5.41) is 4.12. The van der Waals surface area contributed by atoms with Gasteiger partial charge in [0.05, 0.1) is 14.6 Å². The van der Waals surface area contributed by atoms with Gasteiger partial charge in [-0.05, 0) is 55.5 Å². The second-order valence-electron chi connectivity index (χ2n) is 7.69. The van der Waals surface area contributed by atoms with Crippen LogP contribution in [0.4, 0.5) is 4.39 Å².